The number of likely N-dealkylation sites (tertiary alicyclic amines) is 1. The minimum absolute atomic E-state index is 0.00548. The third-order valence-corrected chi connectivity index (χ3v) is 5.93. The number of carbonyl (C=O) groups excluding carboxylic acids is 2. The van der Waals surface area contributed by atoms with E-state index in [-0.39, 0.29) is 17.9 Å². The van der Waals surface area contributed by atoms with Crippen molar-refractivity contribution in [2.24, 2.45) is 5.41 Å². The molecule has 0 unspecified atom stereocenters. The molecule has 1 fully saturated rings. The Balaban J connectivity index is 1.56. The van der Waals surface area contributed by atoms with E-state index in [2.05, 4.69) is 51.7 Å². The second-order valence-corrected chi connectivity index (χ2v) is 8.72. The van der Waals surface area contributed by atoms with Gasteiger partial charge >= 0.3 is 0 Å². The minimum atomic E-state index is -0.670. The maximum Gasteiger partial charge on any atom is 0.274 e. The summed E-state index contributed by atoms with van der Waals surface area (Å²) < 4.78 is 0. The predicted molar refractivity (Wildman–Crippen MR) is 124 cm³/mol. The van der Waals surface area contributed by atoms with Crippen LogP contribution in [0.5, 0.6) is 0 Å². The topological polar surface area (TPSA) is 75.2 Å². The van der Waals surface area contributed by atoms with Crippen LogP contribution >= 0.6 is 0 Å². The maximum absolute atomic E-state index is 13.3. The van der Waals surface area contributed by atoms with Gasteiger partial charge in [0.2, 0.25) is 5.91 Å². The van der Waals surface area contributed by atoms with Crippen molar-refractivity contribution in [1.29, 1.82) is 0 Å². The predicted octanol–water partition coefficient (Wildman–Crippen LogP) is 3.74. The van der Waals surface area contributed by atoms with Gasteiger partial charge in [-0.05, 0) is 43.4 Å². The molecule has 6 nitrogen and oxygen atoms in total. The summed E-state index contributed by atoms with van der Waals surface area (Å²) in [7, 11) is 0. The molecule has 4 rings (SSSR count). The van der Waals surface area contributed by atoms with Gasteiger partial charge in [-0.1, -0.05) is 54.6 Å². The first-order chi connectivity index (χ1) is 15.5. The Morgan fingerprint density at radius 3 is 2.41 bits per heavy atom. The molecule has 0 saturated carbocycles. The SMILES string of the molecule is CC(C)NC(=O)[C@@]1(Cc2ccc(-c3ccccc3)cc2)CCN(C(=O)c2cnccn2)C1. The summed E-state index contributed by atoms with van der Waals surface area (Å²) in [5.41, 5.74) is 3.02. The summed E-state index contributed by atoms with van der Waals surface area (Å²) in [6.45, 7) is 4.79. The monoisotopic (exact) mass is 428 g/mol. The van der Waals surface area contributed by atoms with Crippen molar-refractivity contribution in [2.45, 2.75) is 32.7 Å². The van der Waals surface area contributed by atoms with E-state index < -0.39 is 5.41 Å². The normalized spacial score (nSPS) is 18.0. The number of benzene rings is 2. The number of hydrogen-bond donors (Lipinski definition) is 1. The molecule has 2 aromatic carbocycles. The molecular weight excluding hydrogens is 400 g/mol. The lowest BCUT2D eigenvalue weighted by Gasteiger charge is -2.29. The molecular formula is C26H28N4O2. The summed E-state index contributed by atoms with van der Waals surface area (Å²) in [6, 6.07) is 18.6. The Labute approximate surface area is 188 Å². The molecule has 6 heteroatoms. The van der Waals surface area contributed by atoms with Gasteiger partial charge in [-0.2, -0.15) is 0 Å². The number of nitrogens with one attached hydrogen (secondary N) is 1. The third kappa shape index (κ3) is 4.69. The van der Waals surface area contributed by atoms with E-state index in [1.54, 1.807) is 11.1 Å². The van der Waals surface area contributed by atoms with Gasteiger partial charge in [0, 0.05) is 31.5 Å². The van der Waals surface area contributed by atoms with E-state index in [4.69, 9.17) is 0 Å². The zero-order valence-electron chi connectivity index (χ0n) is 18.5. The molecule has 2 amide bonds. The van der Waals surface area contributed by atoms with Gasteiger partial charge in [-0.15, -0.1) is 0 Å². The van der Waals surface area contributed by atoms with Gasteiger partial charge in [0.25, 0.3) is 5.91 Å². The van der Waals surface area contributed by atoms with E-state index in [9.17, 15) is 9.59 Å². The number of amides is 2. The lowest BCUT2D eigenvalue weighted by atomic mass is 9.79. The lowest BCUT2D eigenvalue weighted by molar-refractivity contribution is -0.130. The molecule has 0 aliphatic carbocycles. The zero-order valence-corrected chi connectivity index (χ0v) is 18.5. The molecule has 164 valence electrons. The Hall–Kier alpha value is -3.54. The summed E-state index contributed by atoms with van der Waals surface area (Å²) in [4.78, 5) is 36.1. The fourth-order valence-electron chi connectivity index (χ4n) is 4.28. The van der Waals surface area contributed by atoms with Gasteiger partial charge in [-0.25, -0.2) is 4.98 Å². The fraction of sp³-hybridized carbons (Fsp3) is 0.308. The van der Waals surface area contributed by atoms with Crippen molar-refractivity contribution in [2.75, 3.05) is 13.1 Å². The molecule has 0 radical (unpaired) electrons. The number of hydrogen-bond acceptors (Lipinski definition) is 4. The molecule has 1 aromatic heterocycles. The number of aromatic nitrogens is 2. The fourth-order valence-corrected chi connectivity index (χ4v) is 4.28. The van der Waals surface area contributed by atoms with Crippen molar-refractivity contribution >= 4 is 11.8 Å². The highest BCUT2D eigenvalue weighted by Gasteiger charge is 2.46. The summed E-state index contributed by atoms with van der Waals surface area (Å²) in [6.07, 6.45) is 5.71. The standard InChI is InChI=1S/C26H28N4O2/c1-19(2)29-25(32)26(12-15-30(18-26)24(31)23-17-27-13-14-28-23)16-20-8-10-22(11-9-20)21-6-4-3-5-7-21/h3-11,13-14,17,19H,12,15-16,18H2,1-2H3,(H,29,32)/t26-/m1/s1. The zero-order chi connectivity index (χ0) is 22.6. The molecule has 1 aliphatic heterocycles. The van der Waals surface area contributed by atoms with E-state index in [1.807, 2.05) is 32.0 Å². The Bertz CT molecular complexity index is 1070. The van der Waals surface area contributed by atoms with Crippen LogP contribution in [-0.4, -0.2) is 45.8 Å². The maximum atomic E-state index is 13.3. The van der Waals surface area contributed by atoms with Gasteiger partial charge in [0.1, 0.15) is 5.69 Å². The van der Waals surface area contributed by atoms with Crippen LogP contribution in [0.15, 0.2) is 73.2 Å². The minimum Gasteiger partial charge on any atom is -0.353 e. The van der Waals surface area contributed by atoms with Gasteiger partial charge in [-0.3, -0.25) is 14.6 Å². The Kier molecular flexibility index (Phi) is 6.30. The first kappa shape index (κ1) is 21.7. The summed E-state index contributed by atoms with van der Waals surface area (Å²) >= 11 is 0. The molecule has 1 atom stereocenters. The smallest absolute Gasteiger partial charge is 0.274 e. The van der Waals surface area contributed by atoms with E-state index in [1.165, 1.54) is 12.4 Å². The average Bonchev–Trinajstić information content (AvgIpc) is 3.25. The molecule has 32 heavy (non-hydrogen) atoms. The second-order valence-electron chi connectivity index (χ2n) is 8.72. The Morgan fingerprint density at radius 2 is 1.75 bits per heavy atom. The summed E-state index contributed by atoms with van der Waals surface area (Å²) in [5.74, 6) is -0.189. The quantitative estimate of drug-likeness (QED) is 0.649. The first-order valence-corrected chi connectivity index (χ1v) is 11.0. The van der Waals surface area contributed by atoms with E-state index in [0.29, 0.717) is 31.6 Å². The van der Waals surface area contributed by atoms with Crippen LogP contribution in [0.4, 0.5) is 0 Å². The highest BCUT2D eigenvalue weighted by molar-refractivity contribution is 5.93. The van der Waals surface area contributed by atoms with Crippen LogP contribution in [0, 0.1) is 5.41 Å². The number of nitrogens with zero attached hydrogens (tertiary/aromatic N) is 3. The van der Waals surface area contributed by atoms with Gasteiger partial charge in [0.15, 0.2) is 0 Å². The molecule has 0 spiro atoms. The summed E-state index contributed by atoms with van der Waals surface area (Å²) in [5, 5.41) is 3.08. The lowest BCUT2D eigenvalue weighted by Crippen LogP contribution is -2.47. The molecule has 1 N–H and O–H groups in total. The average molecular weight is 429 g/mol. The van der Waals surface area contributed by atoms with Crippen LogP contribution in [0.2, 0.25) is 0 Å². The molecule has 2 heterocycles. The molecule has 0 bridgehead atoms. The van der Waals surface area contributed by atoms with E-state index >= 15 is 0 Å². The van der Waals surface area contributed by atoms with Crippen molar-refractivity contribution in [1.82, 2.24) is 20.2 Å². The first-order valence-electron chi connectivity index (χ1n) is 11.0. The van der Waals surface area contributed by atoms with Crippen LogP contribution in [0.25, 0.3) is 11.1 Å². The van der Waals surface area contributed by atoms with Crippen LogP contribution < -0.4 is 5.32 Å². The number of carbonyl (C=O) groups is 2. The second kappa shape index (κ2) is 9.30. The molecule has 1 aliphatic rings. The van der Waals surface area contributed by atoms with E-state index in [0.717, 1.165) is 16.7 Å². The molecule has 3 aromatic rings. The van der Waals surface area contributed by atoms with Crippen molar-refractivity contribution < 1.29 is 9.59 Å². The van der Waals surface area contributed by atoms with Crippen molar-refractivity contribution in [3.05, 3.63) is 84.4 Å². The van der Waals surface area contributed by atoms with Crippen molar-refractivity contribution in [3.8, 4) is 11.1 Å². The van der Waals surface area contributed by atoms with Gasteiger partial charge in [0.05, 0.1) is 11.6 Å². The third-order valence-electron chi connectivity index (χ3n) is 5.93. The molecule has 1 saturated heterocycles. The van der Waals surface area contributed by atoms with Crippen molar-refractivity contribution in [3.63, 3.8) is 0 Å². The van der Waals surface area contributed by atoms with Crippen LogP contribution in [0.1, 0.15) is 36.3 Å². The highest BCUT2D eigenvalue weighted by atomic mass is 16.2. The Morgan fingerprint density at radius 1 is 1.03 bits per heavy atom. The van der Waals surface area contributed by atoms with Crippen LogP contribution in [0.3, 0.4) is 0 Å². The van der Waals surface area contributed by atoms with Gasteiger partial charge < -0.3 is 10.2 Å². The number of rotatable bonds is 6. The largest absolute Gasteiger partial charge is 0.353 e. The van der Waals surface area contributed by atoms with Crippen LogP contribution in [-0.2, 0) is 11.2 Å². The highest BCUT2D eigenvalue weighted by Crippen LogP contribution is 2.36.